The first-order valence-electron chi connectivity index (χ1n) is 5.98. The van der Waals surface area contributed by atoms with Gasteiger partial charge in [0.2, 0.25) is 0 Å². The molecule has 0 radical (unpaired) electrons. The van der Waals surface area contributed by atoms with Crippen molar-refractivity contribution < 1.29 is 9.90 Å². The Hall–Kier alpha value is -1.42. The van der Waals surface area contributed by atoms with Crippen molar-refractivity contribution in [3.8, 4) is 0 Å². The summed E-state index contributed by atoms with van der Waals surface area (Å²) in [4.78, 5) is 14.7. The molecule has 2 N–H and O–H groups in total. The summed E-state index contributed by atoms with van der Waals surface area (Å²) in [6.45, 7) is 6.09. The Morgan fingerprint density at radius 3 is 2.76 bits per heavy atom. The third-order valence-electron chi connectivity index (χ3n) is 2.51. The van der Waals surface area contributed by atoms with E-state index in [2.05, 4.69) is 24.1 Å². The Morgan fingerprint density at radius 1 is 1.47 bits per heavy atom. The van der Waals surface area contributed by atoms with Gasteiger partial charge in [-0.25, -0.2) is 4.79 Å². The normalized spacial score (nSPS) is 10.8. The van der Waals surface area contributed by atoms with Crippen LogP contribution in [0.5, 0.6) is 0 Å². The molecule has 0 aliphatic carbocycles. The van der Waals surface area contributed by atoms with Crippen LogP contribution in [-0.2, 0) is 6.54 Å². The van der Waals surface area contributed by atoms with E-state index in [1.54, 1.807) is 12.1 Å². The van der Waals surface area contributed by atoms with E-state index >= 15 is 0 Å². The summed E-state index contributed by atoms with van der Waals surface area (Å²) >= 11 is 0. The van der Waals surface area contributed by atoms with E-state index in [4.69, 9.17) is 5.11 Å². The molecule has 0 aliphatic heterocycles. The Balaban J connectivity index is 2.25. The van der Waals surface area contributed by atoms with Gasteiger partial charge in [-0.3, -0.25) is 4.98 Å². The zero-order chi connectivity index (χ0) is 12.7. The van der Waals surface area contributed by atoms with Crippen molar-refractivity contribution in [2.24, 2.45) is 5.92 Å². The topological polar surface area (TPSA) is 62.2 Å². The third-order valence-corrected chi connectivity index (χ3v) is 2.51. The number of carbonyl (C=O) groups is 1. The largest absolute Gasteiger partial charge is 0.478 e. The molecule has 1 heterocycles. The SMILES string of the molecule is CC(C)CCCNCc1ccc(C(=O)O)cn1. The van der Waals surface area contributed by atoms with Crippen LogP contribution in [0.3, 0.4) is 0 Å². The number of hydrogen-bond acceptors (Lipinski definition) is 3. The summed E-state index contributed by atoms with van der Waals surface area (Å²) in [6, 6.07) is 3.33. The Morgan fingerprint density at radius 2 is 2.24 bits per heavy atom. The smallest absolute Gasteiger partial charge is 0.337 e. The van der Waals surface area contributed by atoms with Gasteiger partial charge in [0.15, 0.2) is 0 Å². The fourth-order valence-electron chi connectivity index (χ4n) is 1.51. The van der Waals surface area contributed by atoms with Crippen molar-refractivity contribution in [1.29, 1.82) is 0 Å². The van der Waals surface area contributed by atoms with Crippen molar-refractivity contribution in [3.05, 3.63) is 29.6 Å². The Labute approximate surface area is 102 Å². The average molecular weight is 236 g/mol. The molecular weight excluding hydrogens is 216 g/mol. The lowest BCUT2D eigenvalue weighted by Crippen LogP contribution is -2.16. The van der Waals surface area contributed by atoms with Gasteiger partial charge in [0.25, 0.3) is 0 Å². The van der Waals surface area contributed by atoms with Gasteiger partial charge in [0.1, 0.15) is 0 Å². The van der Waals surface area contributed by atoms with Gasteiger partial charge in [-0.2, -0.15) is 0 Å². The highest BCUT2D eigenvalue weighted by Gasteiger charge is 2.02. The lowest BCUT2D eigenvalue weighted by Gasteiger charge is -2.06. The van der Waals surface area contributed by atoms with Gasteiger partial charge >= 0.3 is 5.97 Å². The van der Waals surface area contributed by atoms with Crippen LogP contribution < -0.4 is 5.32 Å². The van der Waals surface area contributed by atoms with Gasteiger partial charge in [0, 0.05) is 12.7 Å². The van der Waals surface area contributed by atoms with Crippen molar-refractivity contribution in [2.45, 2.75) is 33.2 Å². The highest BCUT2D eigenvalue weighted by atomic mass is 16.4. The van der Waals surface area contributed by atoms with Crippen LogP contribution in [0.15, 0.2) is 18.3 Å². The molecule has 0 aliphatic rings. The first-order valence-corrected chi connectivity index (χ1v) is 5.98. The molecule has 0 bridgehead atoms. The fourth-order valence-corrected chi connectivity index (χ4v) is 1.51. The second-order valence-corrected chi connectivity index (χ2v) is 4.56. The summed E-state index contributed by atoms with van der Waals surface area (Å²) in [5, 5.41) is 12.0. The number of carboxylic acid groups (broad SMARTS) is 1. The van der Waals surface area contributed by atoms with E-state index in [-0.39, 0.29) is 5.56 Å². The molecule has 1 aromatic heterocycles. The second kappa shape index (κ2) is 7.01. The minimum absolute atomic E-state index is 0.230. The molecule has 4 nitrogen and oxygen atoms in total. The number of pyridine rings is 1. The van der Waals surface area contributed by atoms with E-state index < -0.39 is 5.97 Å². The maximum Gasteiger partial charge on any atom is 0.337 e. The van der Waals surface area contributed by atoms with Gasteiger partial charge in [0.05, 0.1) is 11.3 Å². The summed E-state index contributed by atoms with van der Waals surface area (Å²) in [7, 11) is 0. The molecule has 0 amide bonds. The molecule has 17 heavy (non-hydrogen) atoms. The van der Waals surface area contributed by atoms with E-state index in [9.17, 15) is 4.79 Å². The molecule has 4 heteroatoms. The van der Waals surface area contributed by atoms with Gasteiger partial charge in [-0.05, 0) is 37.4 Å². The maximum atomic E-state index is 10.6. The zero-order valence-electron chi connectivity index (χ0n) is 10.4. The van der Waals surface area contributed by atoms with Crippen molar-refractivity contribution in [3.63, 3.8) is 0 Å². The molecule has 94 valence electrons. The van der Waals surface area contributed by atoms with Crippen LogP contribution in [0.2, 0.25) is 0 Å². The lowest BCUT2D eigenvalue weighted by molar-refractivity contribution is 0.0696. The minimum Gasteiger partial charge on any atom is -0.478 e. The number of aromatic carboxylic acids is 1. The number of aromatic nitrogens is 1. The van der Waals surface area contributed by atoms with E-state index in [1.165, 1.54) is 12.6 Å². The molecule has 0 spiro atoms. The number of nitrogens with one attached hydrogen (secondary N) is 1. The maximum absolute atomic E-state index is 10.6. The summed E-state index contributed by atoms with van der Waals surface area (Å²) < 4.78 is 0. The van der Waals surface area contributed by atoms with Gasteiger partial charge in [-0.15, -0.1) is 0 Å². The van der Waals surface area contributed by atoms with Crippen LogP contribution in [0.25, 0.3) is 0 Å². The monoisotopic (exact) mass is 236 g/mol. The molecule has 0 unspecified atom stereocenters. The van der Waals surface area contributed by atoms with Crippen molar-refractivity contribution in [2.75, 3.05) is 6.54 Å². The summed E-state index contributed by atoms with van der Waals surface area (Å²) in [5.41, 5.74) is 1.10. The first kappa shape index (κ1) is 13.6. The molecule has 0 aromatic carbocycles. The molecule has 1 rings (SSSR count). The highest BCUT2D eigenvalue weighted by Crippen LogP contribution is 2.03. The second-order valence-electron chi connectivity index (χ2n) is 4.56. The zero-order valence-corrected chi connectivity index (χ0v) is 10.4. The highest BCUT2D eigenvalue weighted by molar-refractivity contribution is 5.87. The first-order chi connectivity index (χ1) is 8.09. The number of carboxylic acids is 1. The van der Waals surface area contributed by atoms with Crippen LogP contribution in [0.1, 0.15) is 42.7 Å². The summed E-state index contributed by atoms with van der Waals surface area (Å²) in [5.74, 6) is -0.196. The average Bonchev–Trinajstić information content (AvgIpc) is 2.29. The lowest BCUT2D eigenvalue weighted by atomic mass is 10.1. The molecule has 0 fully saturated rings. The summed E-state index contributed by atoms with van der Waals surface area (Å²) in [6.07, 6.45) is 3.77. The third kappa shape index (κ3) is 5.45. The standard InChI is InChI=1S/C13H20N2O2/c1-10(2)4-3-7-14-9-12-6-5-11(8-15-12)13(16)17/h5-6,8,10,14H,3-4,7,9H2,1-2H3,(H,16,17). The molecule has 0 saturated heterocycles. The van der Waals surface area contributed by atoms with Gasteiger partial charge in [-0.1, -0.05) is 13.8 Å². The van der Waals surface area contributed by atoms with Crippen molar-refractivity contribution in [1.82, 2.24) is 10.3 Å². The molecule has 0 atom stereocenters. The van der Waals surface area contributed by atoms with Gasteiger partial charge < -0.3 is 10.4 Å². The molecule has 1 aromatic rings. The van der Waals surface area contributed by atoms with Crippen LogP contribution in [0.4, 0.5) is 0 Å². The van der Waals surface area contributed by atoms with E-state index in [1.807, 2.05) is 0 Å². The molecule has 0 saturated carbocycles. The quantitative estimate of drug-likeness (QED) is 0.713. The number of nitrogens with zero attached hydrogens (tertiary/aromatic N) is 1. The molecular formula is C13H20N2O2. The number of rotatable bonds is 7. The van der Waals surface area contributed by atoms with Crippen LogP contribution in [-0.4, -0.2) is 22.6 Å². The predicted molar refractivity (Wildman–Crippen MR) is 67.0 cm³/mol. The Kier molecular flexibility index (Phi) is 5.63. The predicted octanol–water partition coefficient (Wildman–Crippen LogP) is 2.31. The van der Waals surface area contributed by atoms with Crippen molar-refractivity contribution >= 4 is 5.97 Å². The Bertz CT molecular complexity index is 347. The minimum atomic E-state index is -0.936. The van der Waals surface area contributed by atoms with Crippen LogP contribution in [0, 0.1) is 5.92 Å². The van der Waals surface area contributed by atoms with E-state index in [0.29, 0.717) is 6.54 Å². The van der Waals surface area contributed by atoms with Crippen LogP contribution >= 0.6 is 0 Å². The fraction of sp³-hybridized carbons (Fsp3) is 0.538. The van der Waals surface area contributed by atoms with E-state index in [0.717, 1.165) is 24.6 Å². The number of hydrogen-bond donors (Lipinski definition) is 2.